The Bertz CT molecular complexity index is 461. The van der Waals surface area contributed by atoms with Gasteiger partial charge in [0.15, 0.2) is 0 Å². The minimum atomic E-state index is -1.04. The van der Waals surface area contributed by atoms with Crippen LogP contribution in [0.5, 0.6) is 0 Å². The van der Waals surface area contributed by atoms with E-state index in [-0.39, 0.29) is 18.9 Å². The van der Waals surface area contributed by atoms with Gasteiger partial charge >= 0.3 is 5.97 Å². The average Bonchev–Trinajstić information content (AvgIpc) is 2.38. The van der Waals surface area contributed by atoms with Gasteiger partial charge in [-0.05, 0) is 17.7 Å². The summed E-state index contributed by atoms with van der Waals surface area (Å²) in [6, 6.07) is 4.69. The molecule has 0 fully saturated rings. The lowest BCUT2D eigenvalue weighted by atomic mass is 10.0. The molecule has 1 rings (SSSR count). The molecule has 1 aromatic rings. The summed E-state index contributed by atoms with van der Waals surface area (Å²) in [7, 11) is 1.48. The second kappa shape index (κ2) is 7.59. The summed E-state index contributed by atoms with van der Waals surface area (Å²) in [5.41, 5.74) is 0.548. The first kappa shape index (κ1) is 16.1. The van der Waals surface area contributed by atoms with Crippen LogP contribution < -0.4 is 5.32 Å². The molecule has 0 bridgehead atoms. The normalized spacial score (nSPS) is 13.6. The Labute approximate surface area is 116 Å². The summed E-state index contributed by atoms with van der Waals surface area (Å²) < 4.78 is 17.8. The Hall–Kier alpha value is -1.95. The number of carboxylic acids is 1. The van der Waals surface area contributed by atoms with Gasteiger partial charge < -0.3 is 15.2 Å². The number of benzene rings is 1. The Morgan fingerprint density at radius 3 is 2.45 bits per heavy atom. The second-order valence-electron chi connectivity index (χ2n) is 4.57. The number of nitrogens with one attached hydrogen (secondary N) is 1. The van der Waals surface area contributed by atoms with E-state index in [0.717, 1.165) is 0 Å². The number of halogens is 1. The zero-order valence-corrected chi connectivity index (χ0v) is 11.4. The predicted octanol–water partition coefficient (Wildman–Crippen LogP) is 1.74. The number of aliphatic carboxylic acids is 1. The van der Waals surface area contributed by atoms with E-state index in [2.05, 4.69) is 5.32 Å². The molecule has 2 unspecified atom stereocenters. The van der Waals surface area contributed by atoms with Gasteiger partial charge in [0.2, 0.25) is 5.91 Å². The first-order valence-corrected chi connectivity index (χ1v) is 6.20. The monoisotopic (exact) mass is 283 g/mol. The SMILES string of the molecule is COCC(C)C(=O)NC(CC(=O)O)c1ccc(F)cc1. The van der Waals surface area contributed by atoms with Crippen LogP contribution in [-0.4, -0.2) is 30.7 Å². The van der Waals surface area contributed by atoms with Crippen molar-refractivity contribution >= 4 is 11.9 Å². The molecule has 0 saturated carbocycles. The maximum absolute atomic E-state index is 12.9. The summed E-state index contributed by atoms with van der Waals surface area (Å²) in [4.78, 5) is 22.8. The van der Waals surface area contributed by atoms with Gasteiger partial charge in [-0.15, -0.1) is 0 Å². The van der Waals surface area contributed by atoms with Gasteiger partial charge in [-0.25, -0.2) is 4.39 Å². The van der Waals surface area contributed by atoms with Crippen LogP contribution in [0, 0.1) is 11.7 Å². The molecule has 20 heavy (non-hydrogen) atoms. The zero-order valence-electron chi connectivity index (χ0n) is 11.4. The number of rotatable bonds is 7. The maximum atomic E-state index is 12.9. The molecule has 2 atom stereocenters. The predicted molar refractivity (Wildman–Crippen MR) is 70.6 cm³/mol. The number of carbonyl (C=O) groups is 2. The van der Waals surface area contributed by atoms with Crippen LogP contribution >= 0.6 is 0 Å². The smallest absolute Gasteiger partial charge is 0.305 e. The Morgan fingerprint density at radius 2 is 1.95 bits per heavy atom. The van der Waals surface area contributed by atoms with Gasteiger partial charge in [-0.3, -0.25) is 9.59 Å². The Morgan fingerprint density at radius 1 is 1.35 bits per heavy atom. The van der Waals surface area contributed by atoms with E-state index in [0.29, 0.717) is 5.56 Å². The molecule has 6 heteroatoms. The lowest BCUT2D eigenvalue weighted by Gasteiger charge is -2.20. The molecule has 0 spiro atoms. The molecule has 0 heterocycles. The molecule has 5 nitrogen and oxygen atoms in total. The number of hydrogen-bond donors (Lipinski definition) is 2. The number of carbonyl (C=O) groups excluding carboxylic acids is 1. The van der Waals surface area contributed by atoms with Crippen molar-refractivity contribution < 1.29 is 23.8 Å². The molecule has 0 aliphatic carbocycles. The van der Waals surface area contributed by atoms with Gasteiger partial charge in [-0.2, -0.15) is 0 Å². The topological polar surface area (TPSA) is 75.6 Å². The van der Waals surface area contributed by atoms with Crippen LogP contribution in [0.1, 0.15) is 24.9 Å². The summed E-state index contributed by atoms with van der Waals surface area (Å²) in [5.74, 6) is -2.15. The minimum Gasteiger partial charge on any atom is -0.481 e. The lowest BCUT2D eigenvalue weighted by Crippen LogP contribution is -2.35. The van der Waals surface area contributed by atoms with Crippen molar-refractivity contribution in [1.29, 1.82) is 0 Å². The first-order chi connectivity index (χ1) is 9.43. The van der Waals surface area contributed by atoms with Crippen LogP contribution in [0.4, 0.5) is 4.39 Å². The summed E-state index contributed by atoms with van der Waals surface area (Å²) in [6.45, 7) is 1.93. The third kappa shape index (κ3) is 4.97. The van der Waals surface area contributed by atoms with Crippen molar-refractivity contribution in [2.24, 2.45) is 5.92 Å². The Balaban J connectivity index is 2.81. The van der Waals surface area contributed by atoms with Crippen molar-refractivity contribution in [2.45, 2.75) is 19.4 Å². The number of carboxylic acid groups (broad SMARTS) is 1. The molecule has 1 aromatic carbocycles. The molecule has 0 aliphatic rings. The molecule has 0 saturated heterocycles. The van der Waals surface area contributed by atoms with Crippen molar-refractivity contribution in [3.05, 3.63) is 35.6 Å². The van der Waals surface area contributed by atoms with Crippen molar-refractivity contribution in [1.82, 2.24) is 5.32 Å². The van der Waals surface area contributed by atoms with Crippen molar-refractivity contribution in [3.63, 3.8) is 0 Å². The van der Waals surface area contributed by atoms with E-state index >= 15 is 0 Å². The summed E-state index contributed by atoms with van der Waals surface area (Å²) in [6.07, 6.45) is -0.267. The molecule has 0 aromatic heterocycles. The average molecular weight is 283 g/mol. The number of hydrogen-bond acceptors (Lipinski definition) is 3. The van der Waals surface area contributed by atoms with E-state index in [1.807, 2.05) is 0 Å². The van der Waals surface area contributed by atoms with Gasteiger partial charge in [0.1, 0.15) is 5.82 Å². The van der Waals surface area contributed by atoms with E-state index < -0.39 is 23.7 Å². The third-order valence-corrected chi connectivity index (χ3v) is 2.83. The fourth-order valence-electron chi connectivity index (χ4n) is 1.76. The molecular formula is C14H18FNO4. The molecular weight excluding hydrogens is 265 g/mol. The van der Waals surface area contributed by atoms with E-state index in [9.17, 15) is 14.0 Å². The van der Waals surface area contributed by atoms with Gasteiger partial charge in [-0.1, -0.05) is 19.1 Å². The number of methoxy groups -OCH3 is 1. The standard InChI is InChI=1S/C14H18FNO4/c1-9(8-20-2)14(19)16-12(7-13(17)18)10-3-5-11(15)6-4-10/h3-6,9,12H,7-8H2,1-2H3,(H,16,19)(H,17,18). The van der Waals surface area contributed by atoms with Crippen molar-refractivity contribution in [2.75, 3.05) is 13.7 Å². The molecule has 0 radical (unpaired) electrons. The van der Waals surface area contributed by atoms with Gasteiger partial charge in [0.25, 0.3) is 0 Å². The highest BCUT2D eigenvalue weighted by atomic mass is 19.1. The fourth-order valence-corrected chi connectivity index (χ4v) is 1.76. The van der Waals surface area contributed by atoms with E-state index in [4.69, 9.17) is 9.84 Å². The third-order valence-electron chi connectivity index (χ3n) is 2.83. The van der Waals surface area contributed by atoms with E-state index in [1.165, 1.54) is 31.4 Å². The highest BCUT2D eigenvalue weighted by Gasteiger charge is 2.21. The molecule has 110 valence electrons. The van der Waals surface area contributed by atoms with E-state index in [1.54, 1.807) is 6.92 Å². The quantitative estimate of drug-likeness (QED) is 0.799. The van der Waals surface area contributed by atoms with Crippen molar-refractivity contribution in [3.8, 4) is 0 Å². The van der Waals surface area contributed by atoms with Gasteiger partial charge in [0.05, 0.1) is 25.0 Å². The zero-order chi connectivity index (χ0) is 15.1. The molecule has 2 N–H and O–H groups in total. The van der Waals surface area contributed by atoms with Crippen LogP contribution in [0.2, 0.25) is 0 Å². The van der Waals surface area contributed by atoms with Crippen LogP contribution in [0.25, 0.3) is 0 Å². The lowest BCUT2D eigenvalue weighted by molar-refractivity contribution is -0.138. The highest BCUT2D eigenvalue weighted by Crippen LogP contribution is 2.18. The van der Waals surface area contributed by atoms with Crippen LogP contribution in [0.3, 0.4) is 0 Å². The minimum absolute atomic E-state index is 0.245. The first-order valence-electron chi connectivity index (χ1n) is 6.20. The van der Waals surface area contributed by atoms with Crippen LogP contribution in [0.15, 0.2) is 24.3 Å². The molecule has 1 amide bonds. The number of ether oxygens (including phenoxy) is 1. The highest BCUT2D eigenvalue weighted by molar-refractivity contribution is 5.79. The summed E-state index contributed by atoms with van der Waals surface area (Å²) in [5, 5.41) is 11.6. The summed E-state index contributed by atoms with van der Waals surface area (Å²) >= 11 is 0. The van der Waals surface area contributed by atoms with Gasteiger partial charge in [0, 0.05) is 7.11 Å². The second-order valence-corrected chi connectivity index (χ2v) is 4.57. The fraction of sp³-hybridized carbons (Fsp3) is 0.429. The maximum Gasteiger partial charge on any atom is 0.305 e. The Kier molecular flexibility index (Phi) is 6.11. The largest absolute Gasteiger partial charge is 0.481 e. The van der Waals surface area contributed by atoms with Crippen LogP contribution in [-0.2, 0) is 14.3 Å². The molecule has 0 aliphatic heterocycles. The number of amides is 1.